The maximum Gasteiger partial charge on any atom is 0.142 e. The van der Waals surface area contributed by atoms with Gasteiger partial charge in [-0.15, -0.1) is 0 Å². The van der Waals surface area contributed by atoms with Crippen molar-refractivity contribution in [2.75, 3.05) is 25.1 Å². The lowest BCUT2D eigenvalue weighted by Crippen LogP contribution is -2.29. The molecule has 0 saturated carbocycles. The summed E-state index contributed by atoms with van der Waals surface area (Å²) in [6.07, 6.45) is 5.65. The molecule has 0 aromatic heterocycles. The molecule has 2 aromatic rings. The van der Waals surface area contributed by atoms with Crippen LogP contribution in [0.5, 0.6) is 11.5 Å². The summed E-state index contributed by atoms with van der Waals surface area (Å²) in [5, 5.41) is 13.3. The third-order valence-corrected chi connectivity index (χ3v) is 5.30. The van der Waals surface area contributed by atoms with E-state index in [2.05, 4.69) is 29.6 Å². The summed E-state index contributed by atoms with van der Waals surface area (Å²) in [6.45, 7) is 3.82. The lowest BCUT2D eigenvalue weighted by molar-refractivity contribution is 0.110. The number of benzene rings is 2. The van der Waals surface area contributed by atoms with Crippen LogP contribution in [0, 0.1) is 5.92 Å². The minimum absolute atomic E-state index is 0.194. The van der Waals surface area contributed by atoms with Crippen LogP contribution in [0.2, 0.25) is 0 Å². The summed E-state index contributed by atoms with van der Waals surface area (Å²) < 4.78 is 11.4. The molecule has 0 bridgehead atoms. The van der Waals surface area contributed by atoms with Crippen molar-refractivity contribution in [2.45, 2.75) is 25.3 Å². The Labute approximate surface area is 154 Å². The molecule has 0 fully saturated rings. The van der Waals surface area contributed by atoms with E-state index in [0.717, 1.165) is 17.9 Å². The first-order valence-corrected chi connectivity index (χ1v) is 9.33. The van der Waals surface area contributed by atoms with E-state index in [0.29, 0.717) is 37.4 Å². The Morgan fingerprint density at radius 2 is 1.96 bits per heavy atom. The van der Waals surface area contributed by atoms with Crippen molar-refractivity contribution in [3.8, 4) is 11.5 Å². The lowest BCUT2D eigenvalue weighted by atomic mass is 9.77. The molecular weight excluding hydrogens is 326 g/mol. The molecule has 4 rings (SSSR count). The van der Waals surface area contributed by atoms with Crippen molar-refractivity contribution < 1.29 is 14.6 Å². The first kappa shape index (κ1) is 17.0. The van der Waals surface area contributed by atoms with Gasteiger partial charge in [-0.3, -0.25) is 0 Å². The van der Waals surface area contributed by atoms with Crippen LogP contribution in [-0.2, 0) is 4.74 Å². The molecule has 1 aliphatic carbocycles. The Morgan fingerprint density at radius 3 is 2.77 bits per heavy atom. The van der Waals surface area contributed by atoms with Crippen LogP contribution in [0.15, 0.2) is 54.6 Å². The van der Waals surface area contributed by atoms with Gasteiger partial charge in [0.2, 0.25) is 0 Å². The fraction of sp³-hybridized carbons (Fsp3) is 0.364. The molecule has 26 heavy (non-hydrogen) atoms. The first-order chi connectivity index (χ1) is 12.8. The van der Waals surface area contributed by atoms with Crippen molar-refractivity contribution in [3.05, 3.63) is 65.7 Å². The number of nitrogens with one attached hydrogen (secondary N) is 1. The molecule has 0 spiro atoms. The zero-order valence-corrected chi connectivity index (χ0v) is 15.0. The molecule has 1 heterocycles. The Hall–Kier alpha value is -2.46. The van der Waals surface area contributed by atoms with E-state index in [4.69, 9.17) is 9.47 Å². The second-order valence-corrected chi connectivity index (χ2v) is 6.83. The number of hydrogen-bond donors (Lipinski definition) is 2. The number of aromatic hydroxyl groups is 1. The normalized spacial score (nSPS) is 23.2. The summed E-state index contributed by atoms with van der Waals surface area (Å²) in [5.41, 5.74) is 3.57. The molecule has 3 unspecified atom stereocenters. The second-order valence-electron chi connectivity index (χ2n) is 6.83. The Kier molecular flexibility index (Phi) is 4.85. The highest BCUT2D eigenvalue weighted by Gasteiger charge is 2.38. The van der Waals surface area contributed by atoms with E-state index in [1.54, 1.807) is 12.1 Å². The second kappa shape index (κ2) is 7.42. The number of para-hydroxylation sites is 1. The van der Waals surface area contributed by atoms with Gasteiger partial charge in [-0.2, -0.15) is 0 Å². The van der Waals surface area contributed by atoms with Gasteiger partial charge in [0.15, 0.2) is 0 Å². The molecule has 2 aliphatic rings. The van der Waals surface area contributed by atoms with Crippen LogP contribution in [-0.4, -0.2) is 24.9 Å². The number of ether oxygens (including phenoxy) is 2. The van der Waals surface area contributed by atoms with Crippen molar-refractivity contribution in [2.24, 2.45) is 5.92 Å². The van der Waals surface area contributed by atoms with Crippen molar-refractivity contribution in [3.63, 3.8) is 0 Å². The predicted molar refractivity (Wildman–Crippen MR) is 103 cm³/mol. The third-order valence-electron chi connectivity index (χ3n) is 5.30. The van der Waals surface area contributed by atoms with E-state index < -0.39 is 0 Å². The summed E-state index contributed by atoms with van der Waals surface area (Å²) >= 11 is 0. The number of hydrogen-bond acceptors (Lipinski definition) is 4. The molecule has 0 saturated heterocycles. The quantitative estimate of drug-likeness (QED) is 0.588. The highest BCUT2D eigenvalue weighted by Crippen LogP contribution is 2.52. The molecule has 2 aromatic carbocycles. The molecule has 1 aliphatic heterocycles. The lowest BCUT2D eigenvalue weighted by Gasteiger charge is -2.38. The van der Waals surface area contributed by atoms with Gasteiger partial charge in [0.05, 0.1) is 18.3 Å². The molecule has 0 amide bonds. The molecule has 0 radical (unpaired) electrons. The van der Waals surface area contributed by atoms with Crippen LogP contribution in [0.3, 0.4) is 0 Å². The molecule has 136 valence electrons. The first-order valence-electron chi connectivity index (χ1n) is 9.33. The number of fused-ring (bicyclic) bond motifs is 3. The molecular formula is C22H25NO3. The van der Waals surface area contributed by atoms with E-state index in [9.17, 15) is 5.11 Å². The van der Waals surface area contributed by atoms with Gasteiger partial charge >= 0.3 is 0 Å². The van der Waals surface area contributed by atoms with E-state index in [1.807, 2.05) is 25.1 Å². The van der Waals surface area contributed by atoms with Crippen molar-refractivity contribution in [1.29, 1.82) is 0 Å². The highest BCUT2D eigenvalue weighted by atomic mass is 16.5. The van der Waals surface area contributed by atoms with E-state index in [-0.39, 0.29) is 6.04 Å². The molecule has 4 heteroatoms. The summed E-state index contributed by atoms with van der Waals surface area (Å²) in [4.78, 5) is 0. The number of allylic oxidation sites excluding steroid dienone is 2. The van der Waals surface area contributed by atoms with E-state index >= 15 is 0 Å². The Balaban J connectivity index is 1.64. The maximum atomic E-state index is 9.62. The number of anilines is 1. The average Bonchev–Trinajstić information content (AvgIpc) is 3.15. The number of rotatable bonds is 6. The van der Waals surface area contributed by atoms with Crippen LogP contribution in [0.4, 0.5) is 5.69 Å². The van der Waals surface area contributed by atoms with Gasteiger partial charge in [-0.1, -0.05) is 36.4 Å². The Morgan fingerprint density at radius 1 is 1.12 bits per heavy atom. The summed E-state index contributed by atoms with van der Waals surface area (Å²) in [5.74, 6) is 2.04. The van der Waals surface area contributed by atoms with E-state index in [1.165, 1.54) is 11.1 Å². The molecule has 2 N–H and O–H groups in total. The predicted octanol–water partition coefficient (Wildman–Crippen LogP) is 4.63. The fourth-order valence-electron chi connectivity index (χ4n) is 4.08. The average molecular weight is 351 g/mol. The van der Waals surface area contributed by atoms with Crippen LogP contribution >= 0.6 is 0 Å². The van der Waals surface area contributed by atoms with Gasteiger partial charge in [-0.25, -0.2) is 0 Å². The SMILES string of the molecule is CCOCCOc1cccc2c1NC(c1ccc(O)cc1)C1CC=CC21. The van der Waals surface area contributed by atoms with Gasteiger partial charge in [0.1, 0.15) is 18.1 Å². The minimum atomic E-state index is 0.194. The van der Waals surface area contributed by atoms with Crippen LogP contribution in [0.1, 0.15) is 36.4 Å². The molecule has 4 nitrogen and oxygen atoms in total. The zero-order chi connectivity index (χ0) is 17.9. The van der Waals surface area contributed by atoms with Crippen molar-refractivity contribution >= 4 is 5.69 Å². The Bertz CT molecular complexity index is 784. The third kappa shape index (κ3) is 3.17. The minimum Gasteiger partial charge on any atom is -0.508 e. The topological polar surface area (TPSA) is 50.7 Å². The number of phenols is 1. The summed E-state index contributed by atoms with van der Waals surface area (Å²) in [6, 6.07) is 14.0. The fourth-order valence-corrected chi connectivity index (χ4v) is 4.08. The van der Waals surface area contributed by atoms with Gasteiger partial charge in [0, 0.05) is 12.5 Å². The monoisotopic (exact) mass is 351 g/mol. The zero-order valence-electron chi connectivity index (χ0n) is 15.0. The highest BCUT2D eigenvalue weighted by molar-refractivity contribution is 5.67. The van der Waals surface area contributed by atoms with Gasteiger partial charge in [-0.05, 0) is 48.6 Å². The number of phenolic OH excluding ortho intramolecular Hbond substituents is 1. The molecule has 3 atom stereocenters. The largest absolute Gasteiger partial charge is 0.508 e. The van der Waals surface area contributed by atoms with Crippen LogP contribution in [0.25, 0.3) is 0 Å². The summed E-state index contributed by atoms with van der Waals surface area (Å²) in [7, 11) is 0. The van der Waals surface area contributed by atoms with Gasteiger partial charge in [0.25, 0.3) is 0 Å². The maximum absolute atomic E-state index is 9.62. The van der Waals surface area contributed by atoms with Crippen molar-refractivity contribution in [1.82, 2.24) is 0 Å². The standard InChI is InChI=1S/C22H25NO3/c1-2-25-13-14-26-20-8-4-7-19-17-5-3-6-18(17)21(23-22(19)20)15-9-11-16(24)12-10-15/h3-5,7-12,17-18,21,23-24H,2,6,13-14H2,1H3. The van der Waals surface area contributed by atoms with Crippen LogP contribution < -0.4 is 10.1 Å². The van der Waals surface area contributed by atoms with Gasteiger partial charge < -0.3 is 19.9 Å². The smallest absolute Gasteiger partial charge is 0.142 e.